The molecule has 0 bridgehead atoms. The molecule has 6 heteroatoms. The fourth-order valence-corrected chi connectivity index (χ4v) is 4.88. The Bertz CT molecular complexity index is 1010. The van der Waals surface area contributed by atoms with E-state index < -0.39 is 0 Å². The van der Waals surface area contributed by atoms with E-state index in [1.165, 1.54) is 11.1 Å². The van der Waals surface area contributed by atoms with E-state index in [1.54, 1.807) is 4.90 Å². The normalized spacial score (nSPS) is 20.5. The molecule has 0 saturated carbocycles. The van der Waals surface area contributed by atoms with Gasteiger partial charge in [0.1, 0.15) is 6.54 Å². The molecule has 1 N–H and O–H groups in total. The van der Waals surface area contributed by atoms with Gasteiger partial charge in [0.15, 0.2) is 0 Å². The van der Waals surface area contributed by atoms with Crippen LogP contribution in [0, 0.1) is 5.92 Å². The predicted molar refractivity (Wildman–Crippen MR) is 138 cm³/mol. The van der Waals surface area contributed by atoms with Crippen LogP contribution in [0.5, 0.6) is 0 Å². The van der Waals surface area contributed by atoms with Crippen molar-refractivity contribution in [2.75, 3.05) is 39.4 Å². The molecular formula is C29H37N3O3. The summed E-state index contributed by atoms with van der Waals surface area (Å²) < 4.78 is 5.56. The molecule has 0 radical (unpaired) electrons. The first-order valence-corrected chi connectivity index (χ1v) is 12.8. The summed E-state index contributed by atoms with van der Waals surface area (Å²) in [5, 5.41) is 2.77. The smallest absolute Gasteiger partial charge is 0.254 e. The van der Waals surface area contributed by atoms with E-state index in [0.717, 1.165) is 63.3 Å². The van der Waals surface area contributed by atoms with E-state index in [-0.39, 0.29) is 24.3 Å². The molecule has 1 atom stereocenters. The van der Waals surface area contributed by atoms with Crippen LogP contribution in [0.25, 0.3) is 0 Å². The van der Waals surface area contributed by atoms with Crippen LogP contribution < -0.4 is 5.32 Å². The molecule has 2 aliphatic heterocycles. The van der Waals surface area contributed by atoms with Crippen molar-refractivity contribution in [3.63, 3.8) is 0 Å². The van der Waals surface area contributed by atoms with Crippen molar-refractivity contribution in [3.8, 4) is 0 Å². The topological polar surface area (TPSA) is 61.9 Å². The van der Waals surface area contributed by atoms with Gasteiger partial charge in [-0.15, -0.1) is 0 Å². The fraction of sp³-hybridized carbons (Fsp3) is 0.448. The first-order valence-electron chi connectivity index (χ1n) is 12.8. The van der Waals surface area contributed by atoms with E-state index in [0.29, 0.717) is 18.7 Å². The molecule has 0 spiro atoms. The van der Waals surface area contributed by atoms with Gasteiger partial charge in [0, 0.05) is 50.0 Å². The van der Waals surface area contributed by atoms with Crippen LogP contribution in [0.4, 0.5) is 0 Å². The van der Waals surface area contributed by atoms with E-state index in [9.17, 15) is 9.59 Å². The van der Waals surface area contributed by atoms with Gasteiger partial charge in [-0.25, -0.2) is 0 Å². The number of ether oxygens (including phenoxy) is 1. The molecule has 4 rings (SSSR count). The number of hydrogen-bond donors (Lipinski definition) is 1. The highest BCUT2D eigenvalue weighted by molar-refractivity contribution is 6.02. The first kappa shape index (κ1) is 25.1. The predicted octanol–water partition coefficient (Wildman–Crippen LogP) is 3.76. The minimum absolute atomic E-state index is 0.0553. The molecule has 2 amide bonds. The SMILES string of the molecule is C=C(CC)NC(=O)CN1CC2=C(C=CC=C[C@@H]2CCc2ccc(CN3CCCOCC3)cc2)C1=O. The van der Waals surface area contributed by atoms with Gasteiger partial charge in [-0.05, 0) is 48.5 Å². The van der Waals surface area contributed by atoms with Crippen molar-refractivity contribution >= 4 is 11.8 Å². The third-order valence-corrected chi connectivity index (χ3v) is 6.96. The Hall–Kier alpha value is -2.96. The van der Waals surface area contributed by atoms with Crippen LogP contribution in [0.1, 0.15) is 37.3 Å². The second-order valence-electron chi connectivity index (χ2n) is 9.55. The lowest BCUT2D eigenvalue weighted by atomic mass is 9.90. The number of carbonyl (C=O) groups is 2. The number of nitrogens with zero attached hydrogens (tertiary/aromatic N) is 2. The number of nitrogens with one attached hydrogen (secondary N) is 1. The Morgan fingerprint density at radius 1 is 1.14 bits per heavy atom. The Morgan fingerprint density at radius 3 is 2.74 bits per heavy atom. The standard InChI is InChI=1S/C29H37N3O3/c1-3-22(2)30-28(33)21-32-20-27-25(7-4-5-8-26(27)29(32)34)14-13-23-9-11-24(12-10-23)19-31-15-6-17-35-18-16-31/h4-5,7-12,25H,2-3,6,13-21H2,1H3,(H,30,33)/t25-/m1/s1. The number of amides is 2. The van der Waals surface area contributed by atoms with Crippen molar-refractivity contribution < 1.29 is 14.3 Å². The molecule has 1 saturated heterocycles. The zero-order chi connectivity index (χ0) is 24.6. The van der Waals surface area contributed by atoms with E-state index in [2.05, 4.69) is 47.1 Å². The third kappa shape index (κ3) is 6.80. The number of allylic oxidation sites excluding steroid dienone is 4. The maximum atomic E-state index is 13.0. The molecule has 6 nitrogen and oxygen atoms in total. The summed E-state index contributed by atoms with van der Waals surface area (Å²) in [4.78, 5) is 29.4. The Kier molecular flexibility index (Phi) is 8.72. The average Bonchev–Trinajstić information content (AvgIpc) is 3.06. The molecule has 1 fully saturated rings. The highest BCUT2D eigenvalue weighted by atomic mass is 16.5. The van der Waals surface area contributed by atoms with Crippen LogP contribution in [0.15, 0.2) is 72.0 Å². The van der Waals surface area contributed by atoms with Gasteiger partial charge >= 0.3 is 0 Å². The van der Waals surface area contributed by atoms with Crippen LogP contribution >= 0.6 is 0 Å². The van der Waals surface area contributed by atoms with Crippen molar-refractivity contribution in [1.29, 1.82) is 0 Å². The highest BCUT2D eigenvalue weighted by Gasteiger charge is 2.33. The number of aryl methyl sites for hydroxylation is 1. The van der Waals surface area contributed by atoms with Crippen LogP contribution in [0.2, 0.25) is 0 Å². The minimum Gasteiger partial charge on any atom is -0.380 e. The molecule has 1 aromatic carbocycles. The molecule has 35 heavy (non-hydrogen) atoms. The summed E-state index contributed by atoms with van der Waals surface area (Å²) in [6, 6.07) is 8.93. The number of rotatable bonds is 9. The van der Waals surface area contributed by atoms with Crippen molar-refractivity contribution in [3.05, 3.63) is 83.1 Å². The lowest BCUT2D eigenvalue weighted by molar-refractivity contribution is -0.131. The highest BCUT2D eigenvalue weighted by Crippen LogP contribution is 2.32. The lowest BCUT2D eigenvalue weighted by Gasteiger charge is -2.20. The molecule has 3 aliphatic rings. The number of hydrogen-bond acceptors (Lipinski definition) is 4. The molecular weight excluding hydrogens is 438 g/mol. The van der Waals surface area contributed by atoms with Gasteiger partial charge in [-0.3, -0.25) is 14.5 Å². The van der Waals surface area contributed by atoms with E-state index in [1.807, 2.05) is 25.2 Å². The van der Waals surface area contributed by atoms with Gasteiger partial charge in [-0.1, -0.05) is 56.0 Å². The number of benzene rings is 1. The Morgan fingerprint density at radius 2 is 1.94 bits per heavy atom. The fourth-order valence-electron chi connectivity index (χ4n) is 4.88. The maximum absolute atomic E-state index is 13.0. The molecule has 186 valence electrons. The average molecular weight is 476 g/mol. The summed E-state index contributed by atoms with van der Waals surface area (Å²) >= 11 is 0. The molecule has 2 heterocycles. The lowest BCUT2D eigenvalue weighted by Crippen LogP contribution is -2.38. The van der Waals surface area contributed by atoms with Crippen LogP contribution in [-0.2, 0) is 27.3 Å². The molecule has 0 aromatic heterocycles. The first-order chi connectivity index (χ1) is 17.0. The van der Waals surface area contributed by atoms with E-state index in [4.69, 9.17) is 4.74 Å². The molecule has 1 aliphatic carbocycles. The van der Waals surface area contributed by atoms with Gasteiger partial charge < -0.3 is 15.0 Å². The number of carbonyl (C=O) groups excluding carboxylic acids is 2. The summed E-state index contributed by atoms with van der Waals surface area (Å²) in [6.45, 7) is 11.0. The largest absolute Gasteiger partial charge is 0.380 e. The summed E-state index contributed by atoms with van der Waals surface area (Å²) in [6.07, 6.45) is 11.7. The molecule has 0 unspecified atom stereocenters. The summed E-state index contributed by atoms with van der Waals surface area (Å²) in [5.74, 6) is -0.0726. The molecule has 1 aromatic rings. The third-order valence-electron chi connectivity index (χ3n) is 6.96. The maximum Gasteiger partial charge on any atom is 0.254 e. The quantitative estimate of drug-likeness (QED) is 0.591. The van der Waals surface area contributed by atoms with E-state index >= 15 is 0 Å². The van der Waals surface area contributed by atoms with Crippen LogP contribution in [-0.4, -0.2) is 61.0 Å². The van der Waals surface area contributed by atoms with Gasteiger partial charge in [0.05, 0.1) is 6.61 Å². The monoisotopic (exact) mass is 475 g/mol. The van der Waals surface area contributed by atoms with Crippen molar-refractivity contribution in [1.82, 2.24) is 15.1 Å². The summed E-state index contributed by atoms with van der Waals surface area (Å²) in [7, 11) is 0. The van der Waals surface area contributed by atoms with Gasteiger partial charge in [-0.2, -0.15) is 0 Å². The summed E-state index contributed by atoms with van der Waals surface area (Å²) in [5.41, 5.74) is 5.16. The van der Waals surface area contributed by atoms with Crippen molar-refractivity contribution in [2.24, 2.45) is 5.92 Å². The van der Waals surface area contributed by atoms with Gasteiger partial charge in [0.25, 0.3) is 5.91 Å². The Balaban J connectivity index is 1.33. The Labute approximate surface area is 209 Å². The minimum atomic E-state index is -0.188. The second kappa shape index (κ2) is 12.1. The van der Waals surface area contributed by atoms with Gasteiger partial charge in [0.2, 0.25) is 5.91 Å². The second-order valence-corrected chi connectivity index (χ2v) is 9.55. The van der Waals surface area contributed by atoms with Crippen molar-refractivity contribution in [2.45, 2.75) is 39.2 Å². The zero-order valence-electron chi connectivity index (χ0n) is 20.8. The zero-order valence-corrected chi connectivity index (χ0v) is 20.8. The van der Waals surface area contributed by atoms with Crippen LogP contribution in [0.3, 0.4) is 0 Å².